The van der Waals surface area contributed by atoms with Gasteiger partial charge in [0.05, 0.1) is 24.8 Å². The van der Waals surface area contributed by atoms with Crippen LogP contribution in [0.1, 0.15) is 26.3 Å². The number of nitrogens with one attached hydrogen (secondary N) is 1. The topological polar surface area (TPSA) is 105 Å². The van der Waals surface area contributed by atoms with E-state index in [-0.39, 0.29) is 28.8 Å². The van der Waals surface area contributed by atoms with Gasteiger partial charge in [-0.1, -0.05) is 54.7 Å². The Kier molecular flexibility index (Phi) is 12.0. The molecule has 1 N–H and O–H groups in total. The SMILES string of the molecule is COc1ccc(S(=O)(=O)N(CC(=O)N(Cc2ccc(Cl)cc2Cl)C(C)C(=O)NCC(C)C)c2ccc(Cl)cc2)cc1OC. The van der Waals surface area contributed by atoms with E-state index in [1.165, 1.54) is 67.7 Å². The van der Waals surface area contributed by atoms with Gasteiger partial charge in [0.1, 0.15) is 12.6 Å². The van der Waals surface area contributed by atoms with Gasteiger partial charge < -0.3 is 19.7 Å². The van der Waals surface area contributed by atoms with Crippen molar-refractivity contribution in [2.45, 2.75) is 38.3 Å². The molecule has 0 aliphatic rings. The minimum Gasteiger partial charge on any atom is -0.493 e. The van der Waals surface area contributed by atoms with E-state index in [4.69, 9.17) is 44.3 Å². The molecule has 3 aromatic rings. The molecule has 0 fully saturated rings. The fraction of sp³-hybridized carbons (Fsp3) is 0.333. The van der Waals surface area contributed by atoms with E-state index < -0.39 is 34.4 Å². The summed E-state index contributed by atoms with van der Waals surface area (Å²) in [5, 5.41) is 3.93. The Morgan fingerprint density at radius 3 is 2.07 bits per heavy atom. The maximum atomic E-state index is 14.1. The molecule has 0 heterocycles. The van der Waals surface area contributed by atoms with E-state index in [0.717, 1.165) is 4.31 Å². The Morgan fingerprint density at radius 2 is 1.49 bits per heavy atom. The van der Waals surface area contributed by atoms with Crippen LogP contribution in [0.4, 0.5) is 5.69 Å². The van der Waals surface area contributed by atoms with Gasteiger partial charge in [-0.05, 0) is 66.9 Å². The number of ether oxygens (including phenoxy) is 2. The number of halogens is 3. The highest BCUT2D eigenvalue weighted by atomic mass is 35.5. The summed E-state index contributed by atoms with van der Waals surface area (Å²) < 4.78 is 39.7. The molecule has 13 heteroatoms. The third-order valence-corrected chi connectivity index (χ3v) is 9.15. The van der Waals surface area contributed by atoms with Crippen molar-refractivity contribution in [1.82, 2.24) is 10.2 Å². The number of methoxy groups -OCH3 is 2. The zero-order chi connectivity index (χ0) is 31.9. The molecule has 3 rings (SSSR count). The largest absolute Gasteiger partial charge is 0.493 e. The van der Waals surface area contributed by atoms with E-state index in [2.05, 4.69) is 5.32 Å². The molecule has 0 aromatic heterocycles. The normalized spacial score (nSPS) is 12.0. The van der Waals surface area contributed by atoms with Gasteiger partial charge >= 0.3 is 0 Å². The van der Waals surface area contributed by atoms with Crippen LogP contribution in [0.3, 0.4) is 0 Å². The molecule has 43 heavy (non-hydrogen) atoms. The summed E-state index contributed by atoms with van der Waals surface area (Å²) in [6, 6.07) is 14.0. The lowest BCUT2D eigenvalue weighted by molar-refractivity contribution is -0.139. The number of rotatable bonds is 13. The van der Waals surface area contributed by atoms with Crippen LogP contribution in [0.5, 0.6) is 11.5 Å². The summed E-state index contributed by atoms with van der Waals surface area (Å²) >= 11 is 18.6. The predicted octanol–water partition coefficient (Wildman–Crippen LogP) is 6.05. The molecule has 0 bridgehead atoms. The second-order valence-electron chi connectivity index (χ2n) is 10.1. The van der Waals surface area contributed by atoms with Gasteiger partial charge in [-0.15, -0.1) is 0 Å². The number of hydrogen-bond acceptors (Lipinski definition) is 6. The second-order valence-corrected chi connectivity index (χ2v) is 13.2. The zero-order valence-electron chi connectivity index (χ0n) is 24.4. The fourth-order valence-corrected chi connectivity index (χ4v) is 6.13. The smallest absolute Gasteiger partial charge is 0.264 e. The highest BCUT2D eigenvalue weighted by Gasteiger charge is 2.33. The summed E-state index contributed by atoms with van der Waals surface area (Å²) in [7, 11) is -1.52. The maximum absolute atomic E-state index is 14.1. The molecule has 0 radical (unpaired) electrons. The fourth-order valence-electron chi connectivity index (χ4n) is 4.11. The highest BCUT2D eigenvalue weighted by molar-refractivity contribution is 7.92. The molecule has 1 atom stereocenters. The first-order valence-electron chi connectivity index (χ1n) is 13.3. The van der Waals surface area contributed by atoms with Crippen molar-refractivity contribution in [2.24, 2.45) is 5.92 Å². The summed E-state index contributed by atoms with van der Waals surface area (Å²) in [6.07, 6.45) is 0. The molecule has 1 unspecified atom stereocenters. The van der Waals surface area contributed by atoms with Crippen LogP contribution in [0.15, 0.2) is 65.6 Å². The molecule has 3 aromatic carbocycles. The standard InChI is InChI=1S/C30H34Cl3N3O6S/c1-19(2)16-34-30(38)20(3)35(17-21-6-7-23(32)14-26(21)33)29(37)18-36(24-10-8-22(31)9-11-24)43(39,40)25-12-13-27(41-4)28(15-25)42-5/h6-15,19-20H,16-18H2,1-5H3,(H,34,38). The van der Waals surface area contributed by atoms with Crippen molar-refractivity contribution in [2.75, 3.05) is 31.6 Å². The van der Waals surface area contributed by atoms with Crippen molar-refractivity contribution in [1.29, 1.82) is 0 Å². The number of carbonyl (C=O) groups is 2. The van der Waals surface area contributed by atoms with E-state index in [1.807, 2.05) is 13.8 Å². The first-order valence-corrected chi connectivity index (χ1v) is 15.9. The Morgan fingerprint density at radius 1 is 0.860 bits per heavy atom. The quantitative estimate of drug-likeness (QED) is 0.238. The van der Waals surface area contributed by atoms with E-state index in [9.17, 15) is 18.0 Å². The molecule has 0 saturated carbocycles. The minimum absolute atomic E-state index is 0.0734. The van der Waals surface area contributed by atoms with Gasteiger partial charge in [0.25, 0.3) is 10.0 Å². The van der Waals surface area contributed by atoms with Gasteiger partial charge in [0, 0.05) is 34.2 Å². The van der Waals surface area contributed by atoms with Gasteiger partial charge in [0.15, 0.2) is 11.5 Å². The number of anilines is 1. The predicted molar refractivity (Wildman–Crippen MR) is 170 cm³/mol. The zero-order valence-corrected chi connectivity index (χ0v) is 27.5. The Hall–Kier alpha value is -3.18. The highest BCUT2D eigenvalue weighted by Crippen LogP contribution is 2.33. The minimum atomic E-state index is -4.34. The average molecular weight is 671 g/mol. The second kappa shape index (κ2) is 15.0. The summed E-state index contributed by atoms with van der Waals surface area (Å²) in [5.74, 6) is -0.327. The third-order valence-electron chi connectivity index (χ3n) is 6.54. The number of benzene rings is 3. The molecule has 2 amide bonds. The molecule has 0 spiro atoms. The van der Waals surface area contributed by atoms with E-state index in [0.29, 0.717) is 32.9 Å². The number of carbonyl (C=O) groups excluding carboxylic acids is 2. The van der Waals surface area contributed by atoms with Crippen molar-refractivity contribution in [3.05, 3.63) is 81.3 Å². The van der Waals surface area contributed by atoms with Crippen LogP contribution in [-0.2, 0) is 26.2 Å². The number of hydrogen-bond donors (Lipinski definition) is 1. The van der Waals surface area contributed by atoms with Gasteiger partial charge in [0.2, 0.25) is 11.8 Å². The summed E-state index contributed by atoms with van der Waals surface area (Å²) in [6.45, 7) is 5.17. The van der Waals surface area contributed by atoms with E-state index >= 15 is 0 Å². The lowest BCUT2D eigenvalue weighted by Gasteiger charge is -2.32. The van der Waals surface area contributed by atoms with E-state index in [1.54, 1.807) is 19.1 Å². The van der Waals surface area contributed by atoms with Crippen molar-refractivity contribution in [3.8, 4) is 11.5 Å². The summed E-state index contributed by atoms with van der Waals surface area (Å²) in [5.41, 5.74) is 0.720. The molecular weight excluding hydrogens is 637 g/mol. The first kappa shape index (κ1) is 34.3. The Bertz CT molecular complexity index is 1550. The Balaban J connectivity index is 2.07. The molecule has 9 nitrogen and oxygen atoms in total. The summed E-state index contributed by atoms with van der Waals surface area (Å²) in [4.78, 5) is 28.3. The van der Waals surface area contributed by atoms with Gasteiger partial charge in [-0.25, -0.2) is 8.42 Å². The maximum Gasteiger partial charge on any atom is 0.264 e. The number of sulfonamides is 1. The molecule has 0 saturated heterocycles. The van der Waals surface area contributed by atoms with Crippen LogP contribution in [0, 0.1) is 5.92 Å². The van der Waals surface area contributed by atoms with Crippen LogP contribution >= 0.6 is 34.8 Å². The first-order chi connectivity index (χ1) is 20.3. The monoisotopic (exact) mass is 669 g/mol. The third kappa shape index (κ3) is 8.69. The molecule has 232 valence electrons. The molecular formula is C30H34Cl3N3O6S. The van der Waals surface area contributed by atoms with Crippen LogP contribution in [0.2, 0.25) is 15.1 Å². The van der Waals surface area contributed by atoms with Crippen LogP contribution in [0.25, 0.3) is 0 Å². The van der Waals surface area contributed by atoms with Gasteiger partial charge in [-0.3, -0.25) is 13.9 Å². The average Bonchev–Trinajstić information content (AvgIpc) is 2.97. The molecule has 0 aliphatic heterocycles. The number of nitrogens with zero attached hydrogens (tertiary/aromatic N) is 2. The molecule has 0 aliphatic carbocycles. The van der Waals surface area contributed by atoms with Crippen LogP contribution < -0.4 is 19.1 Å². The Labute approximate surface area is 267 Å². The van der Waals surface area contributed by atoms with Crippen molar-refractivity contribution >= 4 is 62.3 Å². The lowest BCUT2D eigenvalue weighted by atomic mass is 10.1. The lowest BCUT2D eigenvalue weighted by Crippen LogP contribution is -2.51. The van der Waals surface area contributed by atoms with Crippen LogP contribution in [-0.4, -0.2) is 58.5 Å². The van der Waals surface area contributed by atoms with Crippen molar-refractivity contribution < 1.29 is 27.5 Å². The number of amides is 2. The van der Waals surface area contributed by atoms with Gasteiger partial charge in [-0.2, -0.15) is 0 Å². The van der Waals surface area contributed by atoms with Crippen molar-refractivity contribution in [3.63, 3.8) is 0 Å².